The number of hydrogen-bond acceptors (Lipinski definition) is 5. The van der Waals surface area contributed by atoms with Crippen molar-refractivity contribution in [2.24, 2.45) is 0 Å². The van der Waals surface area contributed by atoms with Crippen molar-refractivity contribution in [3.05, 3.63) is 53.1 Å². The number of carbonyl (C=O) groups is 1. The third-order valence-corrected chi connectivity index (χ3v) is 7.47. The van der Waals surface area contributed by atoms with E-state index in [4.69, 9.17) is 9.47 Å². The standard InChI is InChI=1S/C26H39N3O4S/c1-7-29(8-2)13-12-22-10-9-11-23(18-22)27-25(30)19-33-15-14-28(5)34(31)26-20(3)16-24(32-6)17-21(26)4/h9-11,16-18H,7-8,12-15,19H2,1-6H3,(H,27,30). The Hall–Kier alpha value is -2.26. The van der Waals surface area contributed by atoms with Gasteiger partial charge in [-0.25, -0.2) is 8.51 Å². The van der Waals surface area contributed by atoms with Crippen LogP contribution in [-0.4, -0.2) is 72.9 Å². The van der Waals surface area contributed by atoms with Crippen molar-refractivity contribution in [2.45, 2.75) is 39.0 Å². The molecule has 0 fully saturated rings. The van der Waals surface area contributed by atoms with Crippen LogP contribution in [0.15, 0.2) is 41.3 Å². The predicted molar refractivity (Wildman–Crippen MR) is 139 cm³/mol. The van der Waals surface area contributed by atoms with Crippen LogP contribution < -0.4 is 10.1 Å². The van der Waals surface area contributed by atoms with Gasteiger partial charge in [0.2, 0.25) is 5.91 Å². The van der Waals surface area contributed by atoms with Gasteiger partial charge in [0.15, 0.2) is 0 Å². The molecule has 0 aliphatic heterocycles. The van der Waals surface area contributed by atoms with Crippen molar-refractivity contribution < 1.29 is 18.5 Å². The first kappa shape index (κ1) is 28.0. The van der Waals surface area contributed by atoms with Gasteiger partial charge in [0.1, 0.15) is 23.3 Å². The molecular weight excluding hydrogens is 450 g/mol. The first-order valence-electron chi connectivity index (χ1n) is 11.8. The number of likely N-dealkylation sites (N-methyl/N-ethyl adjacent to an activating group) is 2. The highest BCUT2D eigenvalue weighted by molar-refractivity contribution is 7.82. The SMILES string of the molecule is CCN(CC)CCc1cccc(NC(=O)COCCN(C)S(=O)c2c(C)cc(OC)cc2C)c1. The van der Waals surface area contributed by atoms with Crippen molar-refractivity contribution in [1.82, 2.24) is 9.21 Å². The lowest BCUT2D eigenvalue weighted by Gasteiger charge is -2.19. The Morgan fingerprint density at radius 3 is 2.35 bits per heavy atom. The summed E-state index contributed by atoms with van der Waals surface area (Å²) in [4.78, 5) is 15.5. The summed E-state index contributed by atoms with van der Waals surface area (Å²) in [5.41, 5.74) is 3.80. The molecular formula is C26H39N3O4S. The zero-order valence-corrected chi connectivity index (χ0v) is 22.2. The Labute approximate surface area is 207 Å². The molecule has 2 rings (SSSR count). The summed E-state index contributed by atoms with van der Waals surface area (Å²) in [6.07, 6.45) is 0.943. The molecule has 0 aliphatic carbocycles. The minimum Gasteiger partial charge on any atom is -0.497 e. The number of rotatable bonds is 14. The molecule has 0 radical (unpaired) electrons. The summed E-state index contributed by atoms with van der Waals surface area (Å²) in [7, 11) is 2.08. The van der Waals surface area contributed by atoms with E-state index in [0.29, 0.717) is 13.2 Å². The minimum absolute atomic E-state index is 0.0509. The van der Waals surface area contributed by atoms with Gasteiger partial charge < -0.3 is 19.7 Å². The van der Waals surface area contributed by atoms with Crippen LogP contribution in [0.2, 0.25) is 0 Å². The molecule has 8 heteroatoms. The fourth-order valence-electron chi connectivity index (χ4n) is 3.73. The zero-order valence-electron chi connectivity index (χ0n) is 21.3. The molecule has 0 saturated heterocycles. The Morgan fingerprint density at radius 2 is 1.74 bits per heavy atom. The molecule has 2 aromatic carbocycles. The van der Waals surface area contributed by atoms with Gasteiger partial charge in [-0.1, -0.05) is 26.0 Å². The van der Waals surface area contributed by atoms with Gasteiger partial charge in [0.25, 0.3) is 0 Å². The van der Waals surface area contributed by atoms with E-state index in [0.717, 1.165) is 53.5 Å². The minimum atomic E-state index is -1.32. The van der Waals surface area contributed by atoms with Gasteiger partial charge in [-0.05, 0) is 74.3 Å². The summed E-state index contributed by atoms with van der Waals surface area (Å²) in [6.45, 7) is 11.9. The van der Waals surface area contributed by atoms with Gasteiger partial charge in [0, 0.05) is 25.8 Å². The first-order chi connectivity index (χ1) is 16.3. The summed E-state index contributed by atoms with van der Waals surface area (Å²) in [5.74, 6) is 0.550. The van der Waals surface area contributed by atoms with Crippen molar-refractivity contribution in [3.8, 4) is 5.75 Å². The topological polar surface area (TPSA) is 71.1 Å². The quantitative estimate of drug-likeness (QED) is 0.409. The highest BCUT2D eigenvalue weighted by atomic mass is 32.2. The number of amides is 1. The second kappa shape index (κ2) is 14.2. The molecule has 0 saturated carbocycles. The average Bonchev–Trinajstić information content (AvgIpc) is 2.82. The third-order valence-electron chi connectivity index (χ3n) is 5.73. The zero-order chi connectivity index (χ0) is 25.1. The molecule has 1 N–H and O–H groups in total. The monoisotopic (exact) mass is 489 g/mol. The van der Waals surface area contributed by atoms with Crippen molar-refractivity contribution in [2.75, 3.05) is 58.9 Å². The molecule has 188 valence electrons. The Morgan fingerprint density at radius 1 is 1.06 bits per heavy atom. The van der Waals surface area contributed by atoms with Crippen LogP contribution in [0.4, 0.5) is 5.69 Å². The van der Waals surface area contributed by atoms with E-state index >= 15 is 0 Å². The third kappa shape index (κ3) is 8.51. The highest BCUT2D eigenvalue weighted by Gasteiger charge is 2.17. The number of nitrogens with zero attached hydrogens (tertiary/aromatic N) is 2. The van der Waals surface area contributed by atoms with Crippen LogP contribution in [0.5, 0.6) is 5.75 Å². The summed E-state index contributed by atoms with van der Waals surface area (Å²) in [6, 6.07) is 11.7. The van der Waals surface area contributed by atoms with Gasteiger partial charge in [-0.15, -0.1) is 0 Å². The Kier molecular flexibility index (Phi) is 11.7. The van der Waals surface area contributed by atoms with Gasteiger partial charge >= 0.3 is 0 Å². The van der Waals surface area contributed by atoms with E-state index in [2.05, 4.69) is 30.1 Å². The maximum Gasteiger partial charge on any atom is 0.250 e. The number of methoxy groups -OCH3 is 1. The van der Waals surface area contributed by atoms with Gasteiger partial charge in [-0.2, -0.15) is 0 Å². The smallest absolute Gasteiger partial charge is 0.250 e. The summed E-state index contributed by atoms with van der Waals surface area (Å²) in [5, 5.41) is 2.90. The number of ether oxygens (including phenoxy) is 2. The number of carbonyl (C=O) groups excluding carboxylic acids is 1. The molecule has 0 aromatic heterocycles. The molecule has 34 heavy (non-hydrogen) atoms. The lowest BCUT2D eigenvalue weighted by atomic mass is 10.1. The molecule has 0 heterocycles. The number of aryl methyl sites for hydroxylation is 2. The van der Waals surface area contributed by atoms with Gasteiger partial charge in [-0.3, -0.25) is 4.79 Å². The fraction of sp³-hybridized carbons (Fsp3) is 0.500. The van der Waals surface area contributed by atoms with E-state index in [1.165, 1.54) is 5.56 Å². The van der Waals surface area contributed by atoms with Crippen LogP contribution in [-0.2, 0) is 26.9 Å². The summed E-state index contributed by atoms with van der Waals surface area (Å²) < 4.78 is 25.5. The number of benzene rings is 2. The molecule has 2 aromatic rings. The molecule has 0 bridgehead atoms. The Balaban J connectivity index is 1.78. The largest absolute Gasteiger partial charge is 0.497 e. The van der Waals surface area contributed by atoms with Crippen LogP contribution >= 0.6 is 0 Å². The molecule has 1 amide bonds. The average molecular weight is 490 g/mol. The fourth-order valence-corrected chi connectivity index (χ4v) is 4.95. The first-order valence-corrected chi connectivity index (χ1v) is 12.9. The lowest BCUT2D eigenvalue weighted by molar-refractivity contribution is -0.120. The van der Waals surface area contributed by atoms with E-state index in [1.807, 2.05) is 44.2 Å². The van der Waals surface area contributed by atoms with Crippen LogP contribution in [0.3, 0.4) is 0 Å². The lowest BCUT2D eigenvalue weighted by Crippen LogP contribution is -2.28. The van der Waals surface area contributed by atoms with E-state index < -0.39 is 11.0 Å². The van der Waals surface area contributed by atoms with E-state index in [1.54, 1.807) is 18.5 Å². The molecule has 0 aliphatic rings. The highest BCUT2D eigenvalue weighted by Crippen LogP contribution is 2.25. The van der Waals surface area contributed by atoms with Crippen molar-refractivity contribution >= 4 is 22.6 Å². The van der Waals surface area contributed by atoms with Crippen molar-refractivity contribution in [3.63, 3.8) is 0 Å². The Bertz CT molecular complexity index is 940. The maximum absolute atomic E-state index is 13.0. The summed E-state index contributed by atoms with van der Waals surface area (Å²) >= 11 is 0. The second-order valence-corrected chi connectivity index (χ2v) is 9.80. The maximum atomic E-state index is 13.0. The normalized spacial score (nSPS) is 12.2. The van der Waals surface area contributed by atoms with E-state index in [-0.39, 0.29) is 12.5 Å². The van der Waals surface area contributed by atoms with E-state index in [9.17, 15) is 9.00 Å². The van der Waals surface area contributed by atoms with Crippen LogP contribution in [0.1, 0.15) is 30.5 Å². The molecule has 7 nitrogen and oxygen atoms in total. The number of nitrogens with one attached hydrogen (secondary N) is 1. The van der Waals surface area contributed by atoms with Gasteiger partial charge in [0.05, 0.1) is 18.6 Å². The second-order valence-electron chi connectivity index (χ2n) is 8.27. The number of anilines is 1. The molecule has 1 atom stereocenters. The predicted octanol–water partition coefficient (Wildman–Crippen LogP) is 3.81. The van der Waals surface area contributed by atoms with Crippen LogP contribution in [0, 0.1) is 13.8 Å². The molecule has 1 unspecified atom stereocenters. The van der Waals surface area contributed by atoms with Crippen LogP contribution in [0.25, 0.3) is 0 Å². The van der Waals surface area contributed by atoms with Crippen molar-refractivity contribution in [1.29, 1.82) is 0 Å². The number of hydrogen-bond donors (Lipinski definition) is 1. The molecule has 0 spiro atoms.